The van der Waals surface area contributed by atoms with Crippen molar-refractivity contribution in [2.75, 3.05) is 12.3 Å². The van der Waals surface area contributed by atoms with Crippen LogP contribution in [-0.4, -0.2) is 12.3 Å². The van der Waals surface area contributed by atoms with Crippen molar-refractivity contribution in [3.05, 3.63) is 30.3 Å². The Hall–Kier alpha value is -0.910. The van der Waals surface area contributed by atoms with Crippen molar-refractivity contribution in [3.63, 3.8) is 0 Å². The molecule has 0 unspecified atom stereocenters. The molecule has 0 atom stereocenters. The van der Waals surface area contributed by atoms with Crippen LogP contribution in [-0.2, 0) is 0 Å². The molecule has 0 heterocycles. The lowest BCUT2D eigenvalue weighted by atomic mass is 10.4. The highest BCUT2D eigenvalue weighted by Crippen LogP contribution is 2.15. The zero-order valence-electron chi connectivity index (χ0n) is 6.79. The topological polar surface area (TPSA) is 26.0 Å². The Labute approximate surface area is 77.4 Å². The molecule has 1 rings (SSSR count). The fourth-order valence-electron chi connectivity index (χ4n) is 0.759. The maximum absolute atomic E-state index is 5.23. The van der Waals surface area contributed by atoms with Gasteiger partial charge in [-0.2, -0.15) is 0 Å². The number of hydrogen-bond donors (Lipinski definition) is 1. The Morgan fingerprint density at radius 3 is 2.58 bits per heavy atom. The number of hydrogen-bond acceptors (Lipinski definition) is 2. The molecule has 0 saturated heterocycles. The van der Waals surface area contributed by atoms with Gasteiger partial charge >= 0.3 is 0 Å². The summed E-state index contributed by atoms with van der Waals surface area (Å²) in [6.45, 7) is 0.454. The molecule has 1 aromatic carbocycles. The Balaban J connectivity index is 2.34. The van der Waals surface area contributed by atoms with Gasteiger partial charge in [-0.1, -0.05) is 30.0 Å². The van der Waals surface area contributed by atoms with Crippen molar-refractivity contribution >= 4 is 11.8 Å². The summed E-state index contributed by atoms with van der Waals surface area (Å²) in [5, 5.41) is 0. The summed E-state index contributed by atoms with van der Waals surface area (Å²) in [6, 6.07) is 10.2. The van der Waals surface area contributed by atoms with Gasteiger partial charge in [0.15, 0.2) is 0 Å². The van der Waals surface area contributed by atoms with E-state index in [9.17, 15) is 0 Å². The fraction of sp³-hybridized carbons (Fsp3) is 0.200. The van der Waals surface area contributed by atoms with E-state index in [1.807, 2.05) is 18.2 Å². The number of thioether (sulfide) groups is 1. The Bertz CT molecular complexity index is 271. The van der Waals surface area contributed by atoms with Crippen molar-refractivity contribution in [1.29, 1.82) is 0 Å². The minimum absolute atomic E-state index is 0.454. The van der Waals surface area contributed by atoms with E-state index in [1.165, 1.54) is 4.90 Å². The van der Waals surface area contributed by atoms with Crippen LogP contribution in [0.3, 0.4) is 0 Å². The summed E-state index contributed by atoms with van der Waals surface area (Å²) in [5.41, 5.74) is 5.23. The molecule has 12 heavy (non-hydrogen) atoms. The lowest BCUT2D eigenvalue weighted by Gasteiger charge is -1.93. The van der Waals surface area contributed by atoms with Crippen LogP contribution in [0, 0.1) is 11.8 Å². The Morgan fingerprint density at radius 2 is 1.92 bits per heavy atom. The molecule has 0 radical (unpaired) electrons. The first kappa shape index (κ1) is 9.18. The number of benzene rings is 1. The predicted octanol–water partition coefficient (Wildman–Crippen LogP) is 1.74. The molecule has 1 aromatic rings. The van der Waals surface area contributed by atoms with Gasteiger partial charge in [0.2, 0.25) is 0 Å². The van der Waals surface area contributed by atoms with E-state index in [1.54, 1.807) is 11.8 Å². The smallest absolute Gasteiger partial charge is 0.0595 e. The summed E-state index contributed by atoms with van der Waals surface area (Å²) in [7, 11) is 0. The molecule has 62 valence electrons. The highest BCUT2D eigenvalue weighted by Gasteiger charge is 1.87. The Kier molecular flexibility index (Phi) is 4.36. The zero-order chi connectivity index (χ0) is 8.65. The van der Waals surface area contributed by atoms with Gasteiger partial charge in [-0.05, 0) is 12.1 Å². The van der Waals surface area contributed by atoms with Crippen LogP contribution in [0.25, 0.3) is 0 Å². The van der Waals surface area contributed by atoms with Gasteiger partial charge in [0.05, 0.1) is 12.3 Å². The summed E-state index contributed by atoms with van der Waals surface area (Å²) >= 11 is 1.73. The number of nitrogens with two attached hydrogens (primary N) is 1. The average Bonchev–Trinajstić information content (AvgIpc) is 2.14. The van der Waals surface area contributed by atoms with Crippen LogP contribution in [0.5, 0.6) is 0 Å². The molecule has 0 fully saturated rings. The predicted molar refractivity (Wildman–Crippen MR) is 54.0 cm³/mol. The van der Waals surface area contributed by atoms with Crippen LogP contribution in [0.1, 0.15) is 0 Å². The Morgan fingerprint density at radius 1 is 1.17 bits per heavy atom. The van der Waals surface area contributed by atoms with Gasteiger partial charge in [0.25, 0.3) is 0 Å². The third-order valence-corrected chi connectivity index (χ3v) is 2.18. The van der Waals surface area contributed by atoms with Gasteiger partial charge in [0.1, 0.15) is 0 Å². The molecular formula is C10H11NS. The maximum atomic E-state index is 5.23. The second kappa shape index (κ2) is 5.70. The molecule has 0 bridgehead atoms. The second-order valence-corrected chi connectivity index (χ2v) is 3.21. The van der Waals surface area contributed by atoms with E-state index in [0.29, 0.717) is 6.54 Å². The first-order valence-corrected chi connectivity index (χ1v) is 4.75. The highest BCUT2D eigenvalue weighted by molar-refractivity contribution is 7.99. The molecular weight excluding hydrogens is 166 g/mol. The first-order valence-electron chi connectivity index (χ1n) is 3.77. The maximum Gasteiger partial charge on any atom is 0.0595 e. The standard InChI is InChI=1S/C10H11NS/c11-8-4-5-9-12-10-6-2-1-3-7-10/h1-3,6-7H,8-9,11H2. The lowest BCUT2D eigenvalue weighted by Crippen LogP contribution is -1.92. The molecule has 0 aromatic heterocycles. The van der Waals surface area contributed by atoms with E-state index in [-0.39, 0.29) is 0 Å². The van der Waals surface area contributed by atoms with Crippen LogP contribution >= 0.6 is 11.8 Å². The van der Waals surface area contributed by atoms with Crippen LogP contribution in [0.2, 0.25) is 0 Å². The quantitative estimate of drug-likeness (QED) is 0.550. The van der Waals surface area contributed by atoms with Crippen LogP contribution < -0.4 is 5.73 Å². The fourth-order valence-corrected chi connectivity index (χ4v) is 1.45. The molecule has 0 aliphatic rings. The van der Waals surface area contributed by atoms with Gasteiger partial charge in [-0.3, -0.25) is 0 Å². The summed E-state index contributed by atoms with van der Waals surface area (Å²) < 4.78 is 0. The first-order chi connectivity index (χ1) is 5.93. The second-order valence-electron chi connectivity index (χ2n) is 2.16. The van der Waals surface area contributed by atoms with Crippen molar-refractivity contribution < 1.29 is 0 Å². The zero-order valence-corrected chi connectivity index (χ0v) is 7.60. The monoisotopic (exact) mass is 177 g/mol. The summed E-state index contributed by atoms with van der Waals surface area (Å²) in [6.07, 6.45) is 0. The average molecular weight is 177 g/mol. The minimum Gasteiger partial charge on any atom is -0.320 e. The van der Waals surface area contributed by atoms with Crippen molar-refractivity contribution in [2.45, 2.75) is 4.90 Å². The van der Waals surface area contributed by atoms with Gasteiger partial charge < -0.3 is 5.73 Å². The molecule has 0 amide bonds. The van der Waals surface area contributed by atoms with E-state index in [4.69, 9.17) is 5.73 Å². The molecule has 0 aliphatic heterocycles. The molecule has 2 heteroatoms. The van der Waals surface area contributed by atoms with Crippen molar-refractivity contribution in [3.8, 4) is 11.8 Å². The minimum atomic E-state index is 0.454. The van der Waals surface area contributed by atoms with E-state index in [2.05, 4.69) is 24.0 Å². The van der Waals surface area contributed by atoms with Gasteiger partial charge in [0, 0.05) is 4.90 Å². The normalized spacial score (nSPS) is 8.75. The SMILES string of the molecule is NCC#CCSc1ccccc1. The molecule has 0 spiro atoms. The van der Waals surface area contributed by atoms with Crippen LogP contribution in [0.4, 0.5) is 0 Å². The van der Waals surface area contributed by atoms with Crippen molar-refractivity contribution in [1.82, 2.24) is 0 Å². The van der Waals surface area contributed by atoms with E-state index >= 15 is 0 Å². The van der Waals surface area contributed by atoms with Crippen LogP contribution in [0.15, 0.2) is 35.2 Å². The molecule has 2 N–H and O–H groups in total. The van der Waals surface area contributed by atoms with E-state index in [0.717, 1.165) is 5.75 Å². The summed E-state index contributed by atoms with van der Waals surface area (Å²) in [5.74, 6) is 6.62. The molecule has 0 aliphatic carbocycles. The number of rotatable bonds is 2. The van der Waals surface area contributed by atoms with Crippen molar-refractivity contribution in [2.24, 2.45) is 5.73 Å². The molecule has 1 nitrogen and oxygen atoms in total. The van der Waals surface area contributed by atoms with E-state index < -0.39 is 0 Å². The van der Waals surface area contributed by atoms with Gasteiger partial charge in [-0.15, -0.1) is 11.8 Å². The molecule has 0 saturated carbocycles. The lowest BCUT2D eigenvalue weighted by molar-refractivity contribution is 1.30. The largest absolute Gasteiger partial charge is 0.320 e. The van der Waals surface area contributed by atoms with Gasteiger partial charge in [-0.25, -0.2) is 0 Å². The third kappa shape index (κ3) is 3.47. The third-order valence-electron chi connectivity index (χ3n) is 1.28. The summed E-state index contributed by atoms with van der Waals surface area (Å²) in [4.78, 5) is 1.25. The highest BCUT2D eigenvalue weighted by atomic mass is 32.2.